The van der Waals surface area contributed by atoms with Gasteiger partial charge < -0.3 is 9.84 Å². The predicted octanol–water partition coefficient (Wildman–Crippen LogP) is 2.73. The maximum absolute atomic E-state index is 10.9. The van der Waals surface area contributed by atoms with Crippen LogP contribution in [0.15, 0.2) is 18.2 Å². The summed E-state index contributed by atoms with van der Waals surface area (Å²) in [4.78, 5) is 10.9. The first kappa shape index (κ1) is 11.6. The van der Waals surface area contributed by atoms with E-state index in [1.165, 1.54) is 0 Å². The number of aromatic carboxylic acids is 1. The van der Waals surface area contributed by atoms with E-state index >= 15 is 0 Å². The molecule has 0 amide bonds. The highest BCUT2D eigenvalue weighted by Crippen LogP contribution is 2.20. The lowest BCUT2D eigenvalue weighted by Gasteiger charge is -2.11. The smallest absolute Gasteiger partial charge is 0.339 e. The maximum Gasteiger partial charge on any atom is 0.339 e. The van der Waals surface area contributed by atoms with Crippen LogP contribution in [0.5, 0.6) is 5.75 Å². The molecule has 3 nitrogen and oxygen atoms in total. The number of hydrogen-bond acceptors (Lipinski definition) is 2. The van der Waals surface area contributed by atoms with E-state index in [2.05, 4.69) is 0 Å². The molecule has 0 aliphatic heterocycles. The second kappa shape index (κ2) is 4.82. The zero-order valence-corrected chi connectivity index (χ0v) is 9.28. The third-order valence-electron chi connectivity index (χ3n) is 1.94. The van der Waals surface area contributed by atoms with Crippen molar-refractivity contribution >= 4 is 5.97 Å². The fraction of sp³-hybridized carbons (Fsp3) is 0.417. The van der Waals surface area contributed by atoms with Crippen LogP contribution < -0.4 is 4.74 Å². The van der Waals surface area contributed by atoms with Gasteiger partial charge in [-0.05, 0) is 30.5 Å². The van der Waals surface area contributed by atoms with Gasteiger partial charge in [-0.15, -0.1) is 0 Å². The van der Waals surface area contributed by atoms with Crippen molar-refractivity contribution in [2.45, 2.75) is 20.8 Å². The zero-order chi connectivity index (χ0) is 11.4. The maximum atomic E-state index is 10.9. The molecule has 3 heteroatoms. The average molecular weight is 208 g/mol. The quantitative estimate of drug-likeness (QED) is 0.827. The molecule has 0 aromatic heterocycles. The molecular weight excluding hydrogens is 192 g/mol. The molecule has 1 aromatic carbocycles. The first-order valence-electron chi connectivity index (χ1n) is 4.97. The molecule has 0 fully saturated rings. The highest BCUT2D eigenvalue weighted by atomic mass is 16.5. The van der Waals surface area contributed by atoms with Crippen LogP contribution in [0.3, 0.4) is 0 Å². The predicted molar refractivity (Wildman–Crippen MR) is 58.5 cm³/mol. The summed E-state index contributed by atoms with van der Waals surface area (Å²) in [6, 6.07) is 5.10. The van der Waals surface area contributed by atoms with Gasteiger partial charge in [-0.3, -0.25) is 0 Å². The molecule has 0 aliphatic rings. The lowest BCUT2D eigenvalue weighted by molar-refractivity contribution is 0.0691. The van der Waals surface area contributed by atoms with Crippen LogP contribution in [0.1, 0.15) is 29.8 Å². The van der Waals surface area contributed by atoms with Gasteiger partial charge in [-0.25, -0.2) is 4.79 Å². The first-order valence-corrected chi connectivity index (χ1v) is 4.97. The van der Waals surface area contributed by atoms with Crippen LogP contribution >= 0.6 is 0 Å². The largest absolute Gasteiger partial charge is 0.492 e. The minimum absolute atomic E-state index is 0.223. The van der Waals surface area contributed by atoms with Gasteiger partial charge in [-0.2, -0.15) is 0 Å². The summed E-state index contributed by atoms with van der Waals surface area (Å²) in [5.41, 5.74) is 1.22. The summed E-state index contributed by atoms with van der Waals surface area (Å²) in [7, 11) is 0. The van der Waals surface area contributed by atoms with Crippen LogP contribution in [-0.4, -0.2) is 17.7 Å². The molecule has 0 spiro atoms. The Bertz CT molecular complexity index is 356. The number of carbonyl (C=O) groups is 1. The molecule has 0 atom stereocenters. The SMILES string of the molecule is Cc1ccc(C(=O)O)c(OCC(C)C)c1. The molecular formula is C12H16O3. The van der Waals surface area contributed by atoms with Crippen molar-refractivity contribution in [1.82, 2.24) is 0 Å². The van der Waals surface area contributed by atoms with E-state index in [1.54, 1.807) is 18.2 Å². The Kier molecular flexibility index (Phi) is 3.72. The molecule has 0 aliphatic carbocycles. The second-order valence-electron chi connectivity index (χ2n) is 4.01. The highest BCUT2D eigenvalue weighted by Gasteiger charge is 2.11. The molecule has 15 heavy (non-hydrogen) atoms. The van der Waals surface area contributed by atoms with E-state index < -0.39 is 5.97 Å². The van der Waals surface area contributed by atoms with Crippen molar-refractivity contribution in [2.75, 3.05) is 6.61 Å². The molecule has 1 N–H and O–H groups in total. The van der Waals surface area contributed by atoms with Gasteiger partial charge in [0.25, 0.3) is 0 Å². The van der Waals surface area contributed by atoms with E-state index in [-0.39, 0.29) is 5.56 Å². The fourth-order valence-corrected chi connectivity index (χ4v) is 1.18. The standard InChI is InChI=1S/C12H16O3/c1-8(2)7-15-11-6-9(3)4-5-10(11)12(13)14/h4-6,8H,7H2,1-3H3,(H,13,14). The van der Waals surface area contributed by atoms with E-state index in [1.807, 2.05) is 20.8 Å². The topological polar surface area (TPSA) is 46.5 Å². The second-order valence-corrected chi connectivity index (χ2v) is 4.01. The molecule has 1 aromatic rings. The fourth-order valence-electron chi connectivity index (χ4n) is 1.18. The average Bonchev–Trinajstić information content (AvgIpc) is 2.14. The zero-order valence-electron chi connectivity index (χ0n) is 9.28. The minimum Gasteiger partial charge on any atom is -0.492 e. The summed E-state index contributed by atoms with van der Waals surface area (Å²) in [5, 5.41) is 8.94. The molecule has 0 saturated heterocycles. The van der Waals surface area contributed by atoms with Gasteiger partial charge in [0.1, 0.15) is 11.3 Å². The summed E-state index contributed by atoms with van der Waals surface area (Å²) in [5.74, 6) is -0.114. The van der Waals surface area contributed by atoms with Crippen LogP contribution in [-0.2, 0) is 0 Å². The van der Waals surface area contributed by atoms with Crippen LogP contribution in [0.25, 0.3) is 0 Å². The number of aryl methyl sites for hydroxylation is 1. The van der Waals surface area contributed by atoms with Crippen molar-refractivity contribution in [1.29, 1.82) is 0 Å². The van der Waals surface area contributed by atoms with Gasteiger partial charge in [0, 0.05) is 0 Å². The van der Waals surface area contributed by atoms with Gasteiger partial charge in [-0.1, -0.05) is 19.9 Å². The Balaban J connectivity index is 2.92. The number of hydrogen-bond donors (Lipinski definition) is 1. The minimum atomic E-state index is -0.950. The van der Waals surface area contributed by atoms with E-state index in [4.69, 9.17) is 9.84 Å². The Labute approximate surface area is 89.7 Å². The normalized spacial score (nSPS) is 10.4. The molecule has 0 unspecified atom stereocenters. The van der Waals surface area contributed by atoms with Crippen LogP contribution in [0.4, 0.5) is 0 Å². The van der Waals surface area contributed by atoms with Crippen molar-refractivity contribution in [3.05, 3.63) is 29.3 Å². The monoisotopic (exact) mass is 208 g/mol. The summed E-state index contributed by atoms with van der Waals surface area (Å²) in [6.07, 6.45) is 0. The molecule has 0 radical (unpaired) electrons. The van der Waals surface area contributed by atoms with Crippen molar-refractivity contribution in [2.24, 2.45) is 5.92 Å². The van der Waals surface area contributed by atoms with Gasteiger partial charge in [0.15, 0.2) is 0 Å². The van der Waals surface area contributed by atoms with Crippen molar-refractivity contribution in [3.63, 3.8) is 0 Å². The number of carboxylic acid groups (broad SMARTS) is 1. The van der Waals surface area contributed by atoms with Crippen LogP contribution in [0, 0.1) is 12.8 Å². The third-order valence-corrected chi connectivity index (χ3v) is 1.94. The number of rotatable bonds is 4. The summed E-state index contributed by atoms with van der Waals surface area (Å²) < 4.78 is 5.46. The number of ether oxygens (including phenoxy) is 1. The number of carboxylic acids is 1. The molecule has 1 rings (SSSR count). The lowest BCUT2D eigenvalue weighted by Crippen LogP contribution is -2.08. The molecule has 0 heterocycles. The van der Waals surface area contributed by atoms with Crippen molar-refractivity contribution < 1.29 is 14.6 Å². The first-order chi connectivity index (χ1) is 7.00. The van der Waals surface area contributed by atoms with E-state index in [0.717, 1.165) is 5.56 Å². The molecule has 0 saturated carbocycles. The summed E-state index contributed by atoms with van der Waals surface area (Å²) in [6.45, 7) is 6.49. The van der Waals surface area contributed by atoms with Gasteiger partial charge >= 0.3 is 5.97 Å². The van der Waals surface area contributed by atoms with Crippen LogP contribution in [0.2, 0.25) is 0 Å². The third kappa shape index (κ3) is 3.27. The van der Waals surface area contributed by atoms with Gasteiger partial charge in [0.2, 0.25) is 0 Å². The molecule has 82 valence electrons. The van der Waals surface area contributed by atoms with Crippen molar-refractivity contribution in [3.8, 4) is 5.75 Å². The number of benzene rings is 1. The Morgan fingerprint density at radius 1 is 1.47 bits per heavy atom. The highest BCUT2D eigenvalue weighted by molar-refractivity contribution is 5.90. The molecule has 0 bridgehead atoms. The lowest BCUT2D eigenvalue weighted by atomic mass is 10.1. The Hall–Kier alpha value is -1.51. The Morgan fingerprint density at radius 2 is 2.13 bits per heavy atom. The van der Waals surface area contributed by atoms with Gasteiger partial charge in [0.05, 0.1) is 6.61 Å². The summed E-state index contributed by atoms with van der Waals surface area (Å²) >= 11 is 0. The Morgan fingerprint density at radius 3 is 2.67 bits per heavy atom. The van der Waals surface area contributed by atoms with E-state index in [0.29, 0.717) is 18.3 Å². The van der Waals surface area contributed by atoms with E-state index in [9.17, 15) is 4.79 Å².